The molecule has 2 N–H and O–H groups in total. The Bertz CT molecular complexity index is 621. The van der Waals surface area contributed by atoms with Crippen LogP contribution in [0, 0.1) is 11.6 Å². The first kappa shape index (κ1) is 16.3. The van der Waals surface area contributed by atoms with Crippen LogP contribution in [0.3, 0.4) is 0 Å². The summed E-state index contributed by atoms with van der Waals surface area (Å²) in [6.07, 6.45) is 0.723. The van der Waals surface area contributed by atoms with Crippen LogP contribution in [-0.2, 0) is 0 Å². The van der Waals surface area contributed by atoms with Crippen molar-refractivity contribution in [3.8, 4) is 0 Å². The fraction of sp³-hybridized carbons (Fsp3) is 0.250. The lowest BCUT2D eigenvalue weighted by molar-refractivity contribution is 0.574. The van der Waals surface area contributed by atoms with E-state index in [1.54, 1.807) is 6.07 Å². The number of halogens is 3. The summed E-state index contributed by atoms with van der Waals surface area (Å²) in [6, 6.07) is 10.6. The van der Waals surface area contributed by atoms with Gasteiger partial charge in [-0.3, -0.25) is 0 Å². The molecule has 5 heteroatoms. The van der Waals surface area contributed by atoms with Gasteiger partial charge >= 0.3 is 0 Å². The highest BCUT2D eigenvalue weighted by Gasteiger charge is 2.22. The summed E-state index contributed by atoms with van der Waals surface area (Å²) in [4.78, 5) is 0.254. The van der Waals surface area contributed by atoms with Crippen molar-refractivity contribution in [2.24, 2.45) is 5.73 Å². The van der Waals surface area contributed by atoms with Gasteiger partial charge in [0, 0.05) is 21.2 Å². The molecule has 2 rings (SSSR count). The molecule has 0 saturated heterocycles. The zero-order chi connectivity index (χ0) is 15.4. The normalized spacial score (nSPS) is 14.0. The minimum absolute atomic E-state index is 0.184. The van der Waals surface area contributed by atoms with E-state index in [2.05, 4.69) is 0 Å². The van der Waals surface area contributed by atoms with E-state index in [4.69, 9.17) is 17.3 Å². The average Bonchev–Trinajstić information content (AvgIpc) is 2.47. The summed E-state index contributed by atoms with van der Waals surface area (Å²) >= 11 is 7.24. The molecule has 2 aromatic carbocycles. The van der Waals surface area contributed by atoms with Gasteiger partial charge in [-0.1, -0.05) is 30.7 Å². The van der Waals surface area contributed by atoms with E-state index in [0.29, 0.717) is 5.02 Å². The SMILES string of the molecule is CCC(N)C(Sc1cc(F)ccc1F)c1cccc(Cl)c1. The molecular formula is C16H16ClF2NS. The Morgan fingerprint density at radius 2 is 1.95 bits per heavy atom. The lowest BCUT2D eigenvalue weighted by Gasteiger charge is -2.23. The highest BCUT2D eigenvalue weighted by atomic mass is 35.5. The molecule has 0 saturated carbocycles. The van der Waals surface area contributed by atoms with E-state index in [1.165, 1.54) is 17.8 Å². The second kappa shape index (κ2) is 7.25. The first-order valence-electron chi connectivity index (χ1n) is 6.64. The Hall–Kier alpha value is -1.10. The molecule has 1 nitrogen and oxygen atoms in total. The average molecular weight is 328 g/mol. The molecule has 2 aromatic rings. The number of nitrogens with two attached hydrogens (primary N) is 1. The molecule has 2 unspecified atom stereocenters. The van der Waals surface area contributed by atoms with E-state index in [1.807, 2.05) is 25.1 Å². The van der Waals surface area contributed by atoms with E-state index in [0.717, 1.165) is 24.1 Å². The third-order valence-corrected chi connectivity index (χ3v) is 4.86. The summed E-state index contributed by atoms with van der Waals surface area (Å²) in [6.45, 7) is 1.96. The zero-order valence-corrected chi connectivity index (χ0v) is 13.1. The van der Waals surface area contributed by atoms with Gasteiger partial charge in [-0.2, -0.15) is 0 Å². The van der Waals surface area contributed by atoms with Gasteiger partial charge in [-0.15, -0.1) is 11.8 Å². The summed E-state index contributed by atoms with van der Waals surface area (Å²) in [5.41, 5.74) is 7.06. The summed E-state index contributed by atoms with van der Waals surface area (Å²) in [5, 5.41) is 0.408. The van der Waals surface area contributed by atoms with Gasteiger partial charge in [0.05, 0.1) is 0 Å². The minimum atomic E-state index is -0.464. The minimum Gasteiger partial charge on any atom is -0.326 e. The lowest BCUT2D eigenvalue weighted by Crippen LogP contribution is -2.25. The van der Waals surface area contributed by atoms with Gasteiger partial charge < -0.3 is 5.73 Å². The van der Waals surface area contributed by atoms with Crippen LogP contribution in [0.5, 0.6) is 0 Å². The number of hydrogen-bond donors (Lipinski definition) is 1. The van der Waals surface area contributed by atoms with Gasteiger partial charge in [0.2, 0.25) is 0 Å². The zero-order valence-electron chi connectivity index (χ0n) is 11.5. The van der Waals surface area contributed by atoms with Crippen molar-refractivity contribution in [1.29, 1.82) is 0 Å². The van der Waals surface area contributed by atoms with E-state index in [-0.39, 0.29) is 16.2 Å². The molecule has 0 aliphatic rings. The molecule has 0 aliphatic heterocycles. The summed E-state index contributed by atoms with van der Waals surface area (Å²) < 4.78 is 27.2. The van der Waals surface area contributed by atoms with Crippen LogP contribution < -0.4 is 5.73 Å². The molecule has 21 heavy (non-hydrogen) atoms. The van der Waals surface area contributed by atoms with Gasteiger partial charge in [-0.25, -0.2) is 8.78 Å². The van der Waals surface area contributed by atoms with Crippen LogP contribution in [0.2, 0.25) is 5.02 Å². The van der Waals surface area contributed by atoms with Crippen LogP contribution in [0.1, 0.15) is 24.2 Å². The van der Waals surface area contributed by atoms with Crippen molar-refractivity contribution < 1.29 is 8.78 Å². The van der Waals surface area contributed by atoms with Crippen LogP contribution in [0.4, 0.5) is 8.78 Å². The van der Waals surface area contributed by atoms with Gasteiger partial charge in [0.1, 0.15) is 11.6 Å². The monoisotopic (exact) mass is 327 g/mol. The Kier molecular flexibility index (Phi) is 5.62. The Labute approximate surface area is 132 Å². The van der Waals surface area contributed by atoms with Crippen molar-refractivity contribution in [3.63, 3.8) is 0 Å². The van der Waals surface area contributed by atoms with Crippen molar-refractivity contribution in [3.05, 3.63) is 64.7 Å². The van der Waals surface area contributed by atoms with Gasteiger partial charge in [-0.05, 0) is 42.3 Å². The molecule has 0 aromatic heterocycles. The Balaban J connectivity index is 2.35. The third-order valence-electron chi connectivity index (χ3n) is 3.18. The smallest absolute Gasteiger partial charge is 0.136 e. The molecule has 0 bridgehead atoms. The van der Waals surface area contributed by atoms with Crippen molar-refractivity contribution in [1.82, 2.24) is 0 Å². The van der Waals surface area contributed by atoms with Crippen molar-refractivity contribution in [2.45, 2.75) is 29.5 Å². The first-order chi connectivity index (χ1) is 10.0. The number of hydrogen-bond acceptors (Lipinski definition) is 2. The Morgan fingerprint density at radius 1 is 1.19 bits per heavy atom. The third kappa shape index (κ3) is 4.19. The van der Waals surface area contributed by atoms with Crippen LogP contribution in [0.25, 0.3) is 0 Å². The topological polar surface area (TPSA) is 26.0 Å². The molecule has 0 fully saturated rings. The quantitative estimate of drug-likeness (QED) is 0.765. The largest absolute Gasteiger partial charge is 0.326 e. The van der Waals surface area contributed by atoms with Crippen LogP contribution in [-0.4, -0.2) is 6.04 Å². The molecule has 2 atom stereocenters. The predicted octanol–water partition coefficient (Wildman–Crippen LogP) is 5.19. The Morgan fingerprint density at radius 3 is 2.62 bits per heavy atom. The maximum atomic E-state index is 13.8. The highest BCUT2D eigenvalue weighted by Crippen LogP contribution is 2.40. The molecule has 0 spiro atoms. The van der Waals surface area contributed by atoms with Crippen LogP contribution in [0.15, 0.2) is 47.4 Å². The lowest BCUT2D eigenvalue weighted by atomic mass is 10.0. The maximum Gasteiger partial charge on any atom is 0.136 e. The molecule has 112 valence electrons. The molecule has 0 amide bonds. The van der Waals surface area contributed by atoms with Gasteiger partial charge in [0.15, 0.2) is 0 Å². The van der Waals surface area contributed by atoms with Crippen LogP contribution >= 0.6 is 23.4 Å². The predicted molar refractivity (Wildman–Crippen MR) is 84.7 cm³/mol. The number of thioether (sulfide) groups is 1. The molecule has 0 heterocycles. The van der Waals surface area contributed by atoms with Crippen molar-refractivity contribution >= 4 is 23.4 Å². The number of benzene rings is 2. The van der Waals surface area contributed by atoms with E-state index >= 15 is 0 Å². The fourth-order valence-corrected chi connectivity index (χ4v) is 3.49. The van der Waals surface area contributed by atoms with E-state index < -0.39 is 11.6 Å². The summed E-state index contributed by atoms with van der Waals surface area (Å²) in [5.74, 6) is -0.912. The second-order valence-electron chi connectivity index (χ2n) is 4.74. The molecule has 0 aliphatic carbocycles. The highest BCUT2D eigenvalue weighted by molar-refractivity contribution is 7.99. The fourth-order valence-electron chi connectivity index (χ4n) is 2.00. The second-order valence-corrected chi connectivity index (χ2v) is 6.36. The van der Waals surface area contributed by atoms with Gasteiger partial charge in [0.25, 0.3) is 0 Å². The van der Waals surface area contributed by atoms with Crippen molar-refractivity contribution in [2.75, 3.05) is 0 Å². The standard InChI is InChI=1S/C16H16ClF2NS/c1-2-14(20)16(10-4-3-5-11(17)8-10)21-15-9-12(18)6-7-13(15)19/h3-9,14,16H,2,20H2,1H3. The summed E-state index contributed by atoms with van der Waals surface area (Å²) in [7, 11) is 0. The van der Waals surface area contributed by atoms with E-state index in [9.17, 15) is 8.78 Å². The molecular weight excluding hydrogens is 312 g/mol. The first-order valence-corrected chi connectivity index (χ1v) is 7.89. The molecule has 0 radical (unpaired) electrons. The maximum absolute atomic E-state index is 13.8. The number of rotatable bonds is 5.